The molecule has 21 heavy (non-hydrogen) atoms. The second-order valence-electron chi connectivity index (χ2n) is 4.10. The second-order valence-corrected chi connectivity index (χ2v) is 5.75. The molecule has 0 aliphatic heterocycles. The Morgan fingerprint density at radius 3 is 2.76 bits per heavy atom. The van der Waals surface area contributed by atoms with Crippen LogP contribution >= 0.6 is 34.2 Å². The first kappa shape index (κ1) is 15.8. The Balaban J connectivity index is 2.40. The fourth-order valence-electron chi connectivity index (χ4n) is 1.69. The maximum Gasteiger partial charge on any atom is 0.311 e. The lowest BCUT2D eigenvalue weighted by Crippen LogP contribution is -2.04. The highest BCUT2D eigenvalue weighted by atomic mass is 127. The van der Waals surface area contributed by atoms with Gasteiger partial charge >= 0.3 is 5.69 Å². The van der Waals surface area contributed by atoms with Gasteiger partial charge in [0.15, 0.2) is 0 Å². The van der Waals surface area contributed by atoms with Gasteiger partial charge in [0, 0.05) is 16.2 Å². The average molecular weight is 419 g/mol. The molecule has 0 unspecified atom stereocenters. The molecular formula is C13H12ClIN4O2. The summed E-state index contributed by atoms with van der Waals surface area (Å²) in [6.07, 6.45) is 0. The minimum atomic E-state index is -0.480. The molecule has 6 nitrogen and oxygen atoms in total. The molecule has 110 valence electrons. The Morgan fingerprint density at radius 1 is 1.38 bits per heavy atom. The van der Waals surface area contributed by atoms with Gasteiger partial charge in [-0.2, -0.15) is 0 Å². The largest absolute Gasteiger partial charge is 0.370 e. The molecule has 0 aliphatic carbocycles. The van der Waals surface area contributed by atoms with E-state index in [-0.39, 0.29) is 11.5 Å². The molecule has 0 fully saturated rings. The lowest BCUT2D eigenvalue weighted by Gasteiger charge is -2.10. The van der Waals surface area contributed by atoms with Crippen molar-refractivity contribution >= 4 is 57.2 Å². The van der Waals surface area contributed by atoms with E-state index in [2.05, 4.69) is 38.2 Å². The predicted molar refractivity (Wildman–Crippen MR) is 92.5 cm³/mol. The molecule has 0 amide bonds. The molecule has 0 aliphatic rings. The number of nitrogens with zero attached hydrogens (tertiary/aromatic N) is 2. The van der Waals surface area contributed by atoms with Gasteiger partial charge in [0.05, 0.1) is 15.6 Å². The number of rotatable bonds is 5. The van der Waals surface area contributed by atoms with Crippen molar-refractivity contribution in [3.63, 3.8) is 0 Å². The summed E-state index contributed by atoms with van der Waals surface area (Å²) in [7, 11) is 0. The van der Waals surface area contributed by atoms with E-state index >= 15 is 0 Å². The predicted octanol–water partition coefficient (Wildman–Crippen LogP) is 4.42. The van der Waals surface area contributed by atoms with E-state index in [9.17, 15) is 10.1 Å². The molecular weight excluding hydrogens is 407 g/mol. The van der Waals surface area contributed by atoms with Gasteiger partial charge in [-0.15, -0.1) is 0 Å². The molecule has 0 spiro atoms. The van der Waals surface area contributed by atoms with Crippen molar-refractivity contribution in [2.75, 3.05) is 17.2 Å². The Bertz CT molecular complexity index is 681. The number of anilines is 3. The fourth-order valence-corrected chi connectivity index (χ4v) is 2.59. The van der Waals surface area contributed by atoms with E-state index < -0.39 is 4.92 Å². The highest BCUT2D eigenvalue weighted by Gasteiger charge is 2.17. The van der Waals surface area contributed by atoms with Crippen molar-refractivity contribution in [2.24, 2.45) is 0 Å². The molecule has 0 bridgehead atoms. The molecule has 2 aromatic rings. The summed E-state index contributed by atoms with van der Waals surface area (Å²) in [6.45, 7) is 2.60. The third kappa shape index (κ3) is 3.94. The summed E-state index contributed by atoms with van der Waals surface area (Å²) in [4.78, 5) is 14.8. The van der Waals surface area contributed by atoms with Crippen molar-refractivity contribution in [3.8, 4) is 0 Å². The van der Waals surface area contributed by atoms with Crippen LogP contribution in [0.2, 0.25) is 5.02 Å². The van der Waals surface area contributed by atoms with Crippen LogP contribution in [0.25, 0.3) is 0 Å². The first-order valence-electron chi connectivity index (χ1n) is 6.12. The van der Waals surface area contributed by atoms with Crippen LogP contribution in [0.5, 0.6) is 0 Å². The smallest absolute Gasteiger partial charge is 0.311 e. The number of hydrogen-bond acceptors (Lipinski definition) is 5. The third-order valence-corrected chi connectivity index (χ3v) is 3.60. The van der Waals surface area contributed by atoms with Gasteiger partial charge in [-0.25, -0.2) is 4.98 Å². The standard InChI is InChI=1S/C13H12ClIN4O2/c1-2-16-12-6-5-11(19(20)21)13(18-12)17-10-4-3-8(15)7-9(10)14/h3-7H,2H2,1H3,(H2,16,17,18). The average Bonchev–Trinajstić information content (AvgIpc) is 2.42. The highest BCUT2D eigenvalue weighted by molar-refractivity contribution is 14.1. The third-order valence-electron chi connectivity index (χ3n) is 2.61. The SMILES string of the molecule is CCNc1ccc([N+](=O)[O-])c(Nc2ccc(I)cc2Cl)n1. The number of benzene rings is 1. The van der Waals surface area contributed by atoms with Crippen LogP contribution in [0.3, 0.4) is 0 Å². The van der Waals surface area contributed by atoms with Crippen LogP contribution < -0.4 is 10.6 Å². The first-order chi connectivity index (χ1) is 10.0. The van der Waals surface area contributed by atoms with Gasteiger partial charge in [-0.1, -0.05) is 11.6 Å². The number of halogens is 2. The summed E-state index contributed by atoms with van der Waals surface area (Å²) in [5.41, 5.74) is 0.465. The molecule has 0 radical (unpaired) electrons. The second kappa shape index (κ2) is 6.90. The zero-order chi connectivity index (χ0) is 15.4. The van der Waals surface area contributed by atoms with Crippen molar-refractivity contribution < 1.29 is 4.92 Å². The zero-order valence-corrected chi connectivity index (χ0v) is 14.0. The summed E-state index contributed by atoms with van der Waals surface area (Å²) < 4.78 is 0.979. The van der Waals surface area contributed by atoms with Crippen LogP contribution in [0.4, 0.5) is 23.0 Å². The van der Waals surface area contributed by atoms with Crippen LogP contribution in [0.1, 0.15) is 6.92 Å². The van der Waals surface area contributed by atoms with E-state index in [4.69, 9.17) is 11.6 Å². The van der Waals surface area contributed by atoms with Gasteiger partial charge in [0.1, 0.15) is 5.82 Å². The summed E-state index contributed by atoms with van der Waals surface area (Å²) in [6, 6.07) is 8.37. The van der Waals surface area contributed by atoms with Gasteiger partial charge in [-0.3, -0.25) is 10.1 Å². The topological polar surface area (TPSA) is 80.1 Å². The molecule has 1 aromatic heterocycles. The quantitative estimate of drug-likeness (QED) is 0.427. The highest BCUT2D eigenvalue weighted by Crippen LogP contribution is 2.31. The maximum atomic E-state index is 11.1. The zero-order valence-electron chi connectivity index (χ0n) is 11.1. The lowest BCUT2D eigenvalue weighted by atomic mass is 10.3. The summed E-state index contributed by atoms with van der Waals surface area (Å²) in [5.74, 6) is 0.716. The number of pyridine rings is 1. The lowest BCUT2D eigenvalue weighted by molar-refractivity contribution is -0.384. The first-order valence-corrected chi connectivity index (χ1v) is 7.58. The molecule has 0 saturated carbocycles. The van der Waals surface area contributed by atoms with Gasteiger partial charge in [0.25, 0.3) is 0 Å². The number of nitrogens with one attached hydrogen (secondary N) is 2. The maximum absolute atomic E-state index is 11.1. The molecule has 0 atom stereocenters. The van der Waals surface area contributed by atoms with Crippen molar-refractivity contribution in [2.45, 2.75) is 6.92 Å². The monoisotopic (exact) mass is 418 g/mol. The summed E-state index contributed by atoms with van der Waals surface area (Å²) in [5, 5.41) is 17.5. The van der Waals surface area contributed by atoms with Crippen LogP contribution in [0, 0.1) is 13.7 Å². The number of hydrogen-bond donors (Lipinski definition) is 2. The molecule has 1 aromatic carbocycles. The van der Waals surface area contributed by atoms with Gasteiger partial charge < -0.3 is 10.6 Å². The number of aromatic nitrogens is 1. The molecule has 8 heteroatoms. The van der Waals surface area contributed by atoms with E-state index in [1.807, 2.05) is 13.0 Å². The van der Waals surface area contributed by atoms with Crippen molar-refractivity contribution in [1.82, 2.24) is 4.98 Å². The van der Waals surface area contributed by atoms with Crippen LogP contribution in [0.15, 0.2) is 30.3 Å². The van der Waals surface area contributed by atoms with E-state index in [0.29, 0.717) is 23.1 Å². The van der Waals surface area contributed by atoms with Crippen molar-refractivity contribution in [3.05, 3.63) is 49.0 Å². The molecule has 0 saturated heterocycles. The Labute approximate surface area is 140 Å². The van der Waals surface area contributed by atoms with Crippen molar-refractivity contribution in [1.29, 1.82) is 0 Å². The van der Waals surface area contributed by atoms with Crippen LogP contribution in [-0.2, 0) is 0 Å². The molecule has 1 heterocycles. The number of nitro groups is 1. The fraction of sp³-hybridized carbons (Fsp3) is 0.154. The van der Waals surface area contributed by atoms with E-state index in [0.717, 1.165) is 3.57 Å². The van der Waals surface area contributed by atoms with Crippen LogP contribution in [-0.4, -0.2) is 16.5 Å². The Morgan fingerprint density at radius 2 is 2.14 bits per heavy atom. The van der Waals surface area contributed by atoms with Gasteiger partial charge in [-0.05, 0) is 53.8 Å². The normalized spacial score (nSPS) is 10.2. The summed E-state index contributed by atoms with van der Waals surface area (Å²) >= 11 is 8.27. The minimum absolute atomic E-state index is 0.105. The molecule has 2 rings (SSSR count). The van der Waals surface area contributed by atoms with Gasteiger partial charge in [0.2, 0.25) is 5.82 Å². The van der Waals surface area contributed by atoms with E-state index in [1.54, 1.807) is 18.2 Å². The minimum Gasteiger partial charge on any atom is -0.370 e. The Kier molecular flexibility index (Phi) is 5.18. The van der Waals surface area contributed by atoms with E-state index in [1.165, 1.54) is 6.07 Å². The molecule has 2 N–H and O–H groups in total. The Hall–Kier alpha value is -1.61.